The van der Waals surface area contributed by atoms with Crippen molar-refractivity contribution in [2.24, 2.45) is 0 Å². The molecule has 2 heterocycles. The van der Waals surface area contributed by atoms with Crippen LogP contribution in [0.3, 0.4) is 0 Å². The van der Waals surface area contributed by atoms with E-state index in [2.05, 4.69) is 10.3 Å². The first kappa shape index (κ1) is 24.5. The van der Waals surface area contributed by atoms with Crippen molar-refractivity contribution in [2.75, 3.05) is 0 Å². The summed E-state index contributed by atoms with van der Waals surface area (Å²) in [5.74, 6) is -0.345. The quantitative estimate of drug-likeness (QED) is 0.268. The van der Waals surface area contributed by atoms with Crippen LogP contribution in [0.5, 0.6) is 0 Å². The van der Waals surface area contributed by atoms with Gasteiger partial charge in [0.2, 0.25) is 0 Å². The Balaban J connectivity index is 1.67. The highest BCUT2D eigenvalue weighted by Crippen LogP contribution is 2.32. The normalized spacial score (nSPS) is 12.6. The molecule has 0 saturated carbocycles. The second-order valence-corrected chi connectivity index (χ2v) is 8.94. The van der Waals surface area contributed by atoms with Crippen molar-refractivity contribution in [1.82, 2.24) is 14.9 Å². The Bertz CT molecular complexity index is 1700. The fraction of sp³-hybridized carbons (Fsp3) is 0.107. The minimum Gasteiger partial charge on any atom is -0.344 e. The molecule has 2 aromatic heterocycles. The van der Waals surface area contributed by atoms with Gasteiger partial charge in [0.1, 0.15) is 0 Å². The molecule has 9 heteroatoms. The summed E-state index contributed by atoms with van der Waals surface area (Å²) in [6, 6.07) is 19.2. The lowest BCUT2D eigenvalue weighted by Gasteiger charge is -2.17. The van der Waals surface area contributed by atoms with Gasteiger partial charge in [0.05, 0.1) is 33.2 Å². The zero-order valence-electron chi connectivity index (χ0n) is 19.4. The van der Waals surface area contributed by atoms with Gasteiger partial charge in [0.15, 0.2) is 0 Å². The molecule has 0 aliphatic heterocycles. The summed E-state index contributed by atoms with van der Waals surface area (Å²) in [5, 5.41) is 4.40. The lowest BCUT2D eigenvalue weighted by Crippen LogP contribution is -2.27. The third kappa shape index (κ3) is 4.56. The fourth-order valence-corrected chi connectivity index (χ4v) is 4.57. The predicted octanol–water partition coefficient (Wildman–Crippen LogP) is 6.70. The number of amides is 1. The molecule has 0 radical (unpaired) electrons. The third-order valence-electron chi connectivity index (χ3n) is 6.15. The average Bonchev–Trinajstić information content (AvgIpc) is 2.89. The average molecular weight is 522 g/mol. The van der Waals surface area contributed by atoms with E-state index in [0.29, 0.717) is 27.5 Å². The molecule has 1 atom stereocenters. The standard InChI is InChI=1S/C28H19ClF3N3O2/c1-16(23-7-2-3-14-33-23)34-26(36)17-8-13-24-21(15-17)20-5-4-6-22(29)25(20)27(37)35(24)19-11-9-18(10-12-19)28(30,31)32/h2-16H,1H3,(H,34,36)/t16-/m0/s1. The summed E-state index contributed by atoms with van der Waals surface area (Å²) in [6.07, 6.45) is -2.86. The van der Waals surface area contributed by atoms with E-state index < -0.39 is 17.3 Å². The number of nitrogens with zero attached hydrogens (tertiary/aromatic N) is 2. The second kappa shape index (κ2) is 9.37. The first-order valence-corrected chi connectivity index (χ1v) is 11.7. The monoisotopic (exact) mass is 521 g/mol. The van der Waals surface area contributed by atoms with E-state index in [-0.39, 0.29) is 28.0 Å². The molecule has 1 amide bonds. The van der Waals surface area contributed by atoms with Crippen molar-refractivity contribution in [3.05, 3.63) is 117 Å². The van der Waals surface area contributed by atoms with Crippen LogP contribution in [0.25, 0.3) is 27.4 Å². The number of hydrogen-bond acceptors (Lipinski definition) is 3. The molecule has 0 saturated heterocycles. The summed E-state index contributed by atoms with van der Waals surface area (Å²) in [6.45, 7) is 1.82. The van der Waals surface area contributed by atoms with Gasteiger partial charge in [-0.2, -0.15) is 13.2 Å². The summed E-state index contributed by atoms with van der Waals surface area (Å²) in [7, 11) is 0. The van der Waals surface area contributed by atoms with E-state index in [1.165, 1.54) is 16.7 Å². The van der Waals surface area contributed by atoms with Gasteiger partial charge in [-0.25, -0.2) is 0 Å². The smallest absolute Gasteiger partial charge is 0.344 e. The Morgan fingerprint density at radius 3 is 2.41 bits per heavy atom. The van der Waals surface area contributed by atoms with Crippen LogP contribution < -0.4 is 10.9 Å². The van der Waals surface area contributed by atoms with Crippen molar-refractivity contribution in [1.29, 1.82) is 0 Å². The molecule has 0 unspecified atom stereocenters. The fourth-order valence-electron chi connectivity index (χ4n) is 4.32. The highest BCUT2D eigenvalue weighted by atomic mass is 35.5. The van der Waals surface area contributed by atoms with Crippen molar-refractivity contribution in [3.63, 3.8) is 0 Å². The van der Waals surface area contributed by atoms with Crippen LogP contribution in [0.2, 0.25) is 5.02 Å². The van der Waals surface area contributed by atoms with Gasteiger partial charge >= 0.3 is 6.18 Å². The number of nitrogens with one attached hydrogen (secondary N) is 1. The number of halogens is 4. The minimum absolute atomic E-state index is 0.198. The topological polar surface area (TPSA) is 64.0 Å². The molecule has 5 rings (SSSR count). The number of aromatic nitrogens is 2. The van der Waals surface area contributed by atoms with Crippen LogP contribution in [0.15, 0.2) is 89.9 Å². The number of pyridine rings is 2. The zero-order chi connectivity index (χ0) is 26.3. The molecule has 0 aliphatic carbocycles. The molecule has 0 spiro atoms. The summed E-state index contributed by atoms with van der Waals surface area (Å²) in [4.78, 5) is 30.9. The van der Waals surface area contributed by atoms with Crippen molar-refractivity contribution < 1.29 is 18.0 Å². The maximum Gasteiger partial charge on any atom is 0.416 e. The van der Waals surface area contributed by atoms with Gasteiger partial charge in [-0.3, -0.25) is 19.1 Å². The maximum atomic E-state index is 13.5. The lowest BCUT2D eigenvalue weighted by atomic mass is 10.0. The van der Waals surface area contributed by atoms with E-state index in [1.54, 1.807) is 48.7 Å². The molecular formula is C28H19ClF3N3O2. The van der Waals surface area contributed by atoms with Crippen LogP contribution in [-0.4, -0.2) is 15.5 Å². The second-order valence-electron chi connectivity index (χ2n) is 8.53. The summed E-state index contributed by atoms with van der Waals surface area (Å²) < 4.78 is 40.6. The largest absolute Gasteiger partial charge is 0.416 e. The SMILES string of the molecule is C[C@H](NC(=O)c1ccc2c(c1)c1cccc(Cl)c1c(=O)n2-c1ccc(C(F)(F)F)cc1)c1ccccn1. The first-order chi connectivity index (χ1) is 17.6. The van der Waals surface area contributed by atoms with Crippen molar-refractivity contribution in [3.8, 4) is 5.69 Å². The number of fused-ring (bicyclic) bond motifs is 3. The van der Waals surface area contributed by atoms with Gasteiger partial charge in [-0.15, -0.1) is 0 Å². The molecule has 1 N–H and O–H groups in total. The van der Waals surface area contributed by atoms with E-state index in [4.69, 9.17) is 11.6 Å². The Morgan fingerprint density at radius 1 is 0.973 bits per heavy atom. The molecule has 0 aliphatic rings. The van der Waals surface area contributed by atoms with Crippen LogP contribution in [-0.2, 0) is 6.18 Å². The Kier molecular flexibility index (Phi) is 6.21. The highest BCUT2D eigenvalue weighted by Gasteiger charge is 2.30. The molecule has 5 nitrogen and oxygen atoms in total. The minimum atomic E-state index is -4.51. The summed E-state index contributed by atoms with van der Waals surface area (Å²) >= 11 is 6.40. The molecule has 37 heavy (non-hydrogen) atoms. The Hall–Kier alpha value is -4.17. The molecular weight excluding hydrogens is 503 g/mol. The van der Waals surface area contributed by atoms with E-state index in [1.807, 2.05) is 19.1 Å². The number of alkyl halides is 3. The summed E-state index contributed by atoms with van der Waals surface area (Å²) in [5.41, 5.74) is 0.404. The van der Waals surface area contributed by atoms with Crippen LogP contribution >= 0.6 is 11.6 Å². The van der Waals surface area contributed by atoms with Crippen molar-refractivity contribution in [2.45, 2.75) is 19.1 Å². The number of hydrogen-bond donors (Lipinski definition) is 1. The van der Waals surface area contributed by atoms with E-state index in [9.17, 15) is 22.8 Å². The number of carbonyl (C=O) groups is 1. The van der Waals surface area contributed by atoms with Gasteiger partial charge in [0.25, 0.3) is 11.5 Å². The van der Waals surface area contributed by atoms with Crippen LogP contribution in [0.1, 0.15) is 34.6 Å². The van der Waals surface area contributed by atoms with E-state index >= 15 is 0 Å². The lowest BCUT2D eigenvalue weighted by molar-refractivity contribution is -0.137. The van der Waals surface area contributed by atoms with Crippen molar-refractivity contribution >= 4 is 39.2 Å². The molecule has 0 fully saturated rings. The molecule has 5 aromatic rings. The van der Waals surface area contributed by atoms with Gasteiger partial charge in [0, 0.05) is 22.8 Å². The Labute approximate surface area is 214 Å². The van der Waals surface area contributed by atoms with Gasteiger partial charge < -0.3 is 5.32 Å². The first-order valence-electron chi connectivity index (χ1n) is 11.3. The molecule has 186 valence electrons. The van der Waals surface area contributed by atoms with E-state index in [0.717, 1.165) is 12.1 Å². The Morgan fingerprint density at radius 2 is 1.73 bits per heavy atom. The zero-order valence-corrected chi connectivity index (χ0v) is 20.1. The third-order valence-corrected chi connectivity index (χ3v) is 6.47. The highest BCUT2D eigenvalue weighted by molar-refractivity contribution is 6.36. The molecule has 3 aromatic carbocycles. The van der Waals surface area contributed by atoms with Gasteiger partial charge in [-0.05, 0) is 73.0 Å². The number of benzene rings is 3. The maximum absolute atomic E-state index is 13.5. The molecule has 0 bridgehead atoms. The predicted molar refractivity (Wildman–Crippen MR) is 137 cm³/mol. The number of carbonyl (C=O) groups excluding carboxylic acids is 1. The van der Waals surface area contributed by atoms with Crippen LogP contribution in [0.4, 0.5) is 13.2 Å². The van der Waals surface area contributed by atoms with Crippen LogP contribution in [0, 0.1) is 0 Å². The van der Waals surface area contributed by atoms with Gasteiger partial charge in [-0.1, -0.05) is 29.8 Å². The number of rotatable bonds is 4.